The van der Waals surface area contributed by atoms with Crippen LogP contribution in [0.1, 0.15) is 64.6 Å². The zero-order valence-electron chi connectivity index (χ0n) is 13.2. The predicted octanol–water partition coefficient (Wildman–Crippen LogP) is 2.76. The molecule has 1 aromatic rings. The average molecular weight is 281 g/mol. The highest BCUT2D eigenvalue weighted by atomic mass is 16.5. The van der Waals surface area contributed by atoms with Crippen LogP contribution in [0.3, 0.4) is 0 Å². The fourth-order valence-corrected chi connectivity index (χ4v) is 3.30. The number of nitrogens with one attached hydrogen (secondary N) is 1. The lowest BCUT2D eigenvalue weighted by Crippen LogP contribution is -2.31. The number of aromatic nitrogens is 2. The van der Waals surface area contributed by atoms with Crippen LogP contribution < -0.4 is 5.32 Å². The molecule has 1 aliphatic heterocycles. The van der Waals surface area contributed by atoms with Crippen molar-refractivity contribution in [2.45, 2.75) is 63.9 Å². The van der Waals surface area contributed by atoms with Crippen LogP contribution >= 0.6 is 0 Å². The third-order valence-electron chi connectivity index (χ3n) is 4.79. The third kappa shape index (κ3) is 2.49. The van der Waals surface area contributed by atoms with Crippen molar-refractivity contribution in [3.63, 3.8) is 0 Å². The summed E-state index contributed by atoms with van der Waals surface area (Å²) in [6.45, 7) is 8.36. The fraction of sp³-hybridized carbons (Fsp3) is 0.867. The molecule has 0 saturated carbocycles. The highest BCUT2D eigenvalue weighted by Gasteiger charge is 2.42. The highest BCUT2D eigenvalue weighted by molar-refractivity contribution is 5.12. The minimum Gasteiger partial charge on any atom is -0.370 e. The lowest BCUT2D eigenvalue weighted by molar-refractivity contribution is -0.0306. The largest absolute Gasteiger partial charge is 0.370 e. The van der Waals surface area contributed by atoms with Gasteiger partial charge in [-0.2, -0.15) is 4.98 Å². The summed E-state index contributed by atoms with van der Waals surface area (Å²) in [5.41, 5.74) is -0.401. The Balaban J connectivity index is 2.32. The molecule has 1 aromatic heterocycles. The van der Waals surface area contributed by atoms with Gasteiger partial charge in [0, 0.05) is 13.7 Å². The summed E-state index contributed by atoms with van der Waals surface area (Å²) >= 11 is 0. The number of ether oxygens (including phenoxy) is 1. The zero-order valence-corrected chi connectivity index (χ0v) is 13.2. The molecule has 2 heterocycles. The summed E-state index contributed by atoms with van der Waals surface area (Å²) in [5, 5.41) is 7.66. The molecule has 1 fully saturated rings. The molecular formula is C15H27N3O2. The summed E-state index contributed by atoms with van der Waals surface area (Å²) < 4.78 is 11.3. The molecule has 1 atom stereocenters. The Bertz CT molecular complexity index is 412. The number of methoxy groups -OCH3 is 1. The maximum Gasteiger partial charge on any atom is 0.234 e. The fourth-order valence-electron chi connectivity index (χ4n) is 3.30. The maximum atomic E-state index is 5.69. The highest BCUT2D eigenvalue weighted by Crippen LogP contribution is 2.37. The molecule has 1 aliphatic rings. The van der Waals surface area contributed by atoms with Crippen LogP contribution in [0.25, 0.3) is 0 Å². The first-order chi connectivity index (χ1) is 9.66. The first-order valence-electron chi connectivity index (χ1n) is 7.77. The zero-order chi connectivity index (χ0) is 14.6. The van der Waals surface area contributed by atoms with Crippen molar-refractivity contribution < 1.29 is 9.26 Å². The minimum atomic E-state index is -0.415. The second-order valence-electron chi connectivity index (χ2n) is 5.79. The monoisotopic (exact) mass is 281 g/mol. The van der Waals surface area contributed by atoms with Crippen LogP contribution in [-0.2, 0) is 15.8 Å². The van der Waals surface area contributed by atoms with E-state index in [9.17, 15) is 0 Å². The molecule has 20 heavy (non-hydrogen) atoms. The first-order valence-corrected chi connectivity index (χ1v) is 7.77. The van der Waals surface area contributed by atoms with Gasteiger partial charge in [-0.15, -0.1) is 0 Å². The molecule has 1 unspecified atom stereocenters. The molecular weight excluding hydrogens is 254 g/mol. The summed E-state index contributed by atoms with van der Waals surface area (Å²) in [5.74, 6) is 1.48. The summed E-state index contributed by atoms with van der Waals surface area (Å²) in [7, 11) is 1.72. The van der Waals surface area contributed by atoms with Crippen LogP contribution in [0, 0.1) is 0 Å². The van der Waals surface area contributed by atoms with Crippen LogP contribution in [0.15, 0.2) is 4.52 Å². The molecule has 0 aromatic carbocycles. The van der Waals surface area contributed by atoms with Gasteiger partial charge in [-0.05, 0) is 32.2 Å². The van der Waals surface area contributed by atoms with E-state index in [1.54, 1.807) is 7.11 Å². The molecule has 114 valence electrons. The first kappa shape index (κ1) is 15.4. The molecule has 1 N–H and O–H groups in total. The van der Waals surface area contributed by atoms with E-state index in [0.29, 0.717) is 5.82 Å². The number of nitrogens with zero attached hydrogens (tertiary/aromatic N) is 2. The Labute approximate surface area is 121 Å². The van der Waals surface area contributed by atoms with Crippen LogP contribution in [0.4, 0.5) is 0 Å². The lowest BCUT2D eigenvalue weighted by atomic mass is 9.82. The van der Waals surface area contributed by atoms with Gasteiger partial charge in [-0.1, -0.05) is 32.3 Å². The van der Waals surface area contributed by atoms with Gasteiger partial charge in [-0.3, -0.25) is 0 Å². The van der Waals surface area contributed by atoms with Gasteiger partial charge in [0.15, 0.2) is 0 Å². The smallest absolute Gasteiger partial charge is 0.234 e. The van der Waals surface area contributed by atoms with Crippen molar-refractivity contribution in [2.24, 2.45) is 0 Å². The number of rotatable bonds is 7. The molecule has 2 rings (SSSR count). The van der Waals surface area contributed by atoms with Gasteiger partial charge < -0.3 is 14.6 Å². The van der Waals surface area contributed by atoms with Gasteiger partial charge in [-0.25, -0.2) is 0 Å². The standard InChI is InChI=1S/C15H27N3O2/c1-5-8-14(9-10-16-11-14)13-17-12(18-20-13)15(6-2,7-3)19-4/h16H,5-11H2,1-4H3. The van der Waals surface area contributed by atoms with Crippen molar-refractivity contribution in [2.75, 3.05) is 20.2 Å². The van der Waals surface area contributed by atoms with Gasteiger partial charge in [0.05, 0.1) is 5.41 Å². The normalized spacial score (nSPS) is 23.4. The SMILES string of the molecule is CCCC1(c2nc(C(CC)(CC)OC)no2)CCNC1. The van der Waals surface area contributed by atoms with Crippen LogP contribution in [0.2, 0.25) is 0 Å². The van der Waals surface area contributed by atoms with Gasteiger partial charge in [0.1, 0.15) is 5.60 Å². The Morgan fingerprint density at radius 3 is 2.60 bits per heavy atom. The second-order valence-corrected chi connectivity index (χ2v) is 5.79. The van der Waals surface area contributed by atoms with Crippen molar-refractivity contribution >= 4 is 0 Å². The lowest BCUT2D eigenvalue weighted by Gasteiger charge is -2.26. The number of hydrogen-bond acceptors (Lipinski definition) is 5. The summed E-state index contributed by atoms with van der Waals surface area (Å²) in [4.78, 5) is 4.73. The van der Waals surface area contributed by atoms with E-state index < -0.39 is 5.60 Å². The van der Waals surface area contributed by atoms with Crippen LogP contribution in [0.5, 0.6) is 0 Å². The quantitative estimate of drug-likeness (QED) is 0.832. The summed E-state index contributed by atoms with van der Waals surface area (Å²) in [6, 6.07) is 0. The van der Waals surface area contributed by atoms with E-state index in [-0.39, 0.29) is 5.41 Å². The van der Waals surface area contributed by atoms with Crippen molar-refractivity contribution in [3.8, 4) is 0 Å². The molecule has 0 spiro atoms. The van der Waals surface area contributed by atoms with Crippen molar-refractivity contribution in [1.29, 1.82) is 0 Å². The molecule has 5 nitrogen and oxygen atoms in total. The molecule has 0 bridgehead atoms. The Kier molecular flexibility index (Phi) is 4.81. The Morgan fingerprint density at radius 2 is 2.10 bits per heavy atom. The molecule has 5 heteroatoms. The average Bonchev–Trinajstić information content (AvgIpc) is 3.12. The van der Waals surface area contributed by atoms with E-state index in [4.69, 9.17) is 14.2 Å². The third-order valence-corrected chi connectivity index (χ3v) is 4.79. The van der Waals surface area contributed by atoms with E-state index in [1.165, 1.54) is 0 Å². The second kappa shape index (κ2) is 6.22. The predicted molar refractivity (Wildman–Crippen MR) is 77.6 cm³/mol. The Hall–Kier alpha value is -0.940. The molecule has 0 radical (unpaired) electrons. The van der Waals surface area contributed by atoms with E-state index in [0.717, 1.165) is 51.1 Å². The molecule has 0 aliphatic carbocycles. The van der Waals surface area contributed by atoms with Gasteiger partial charge in [0.25, 0.3) is 0 Å². The molecule has 1 saturated heterocycles. The van der Waals surface area contributed by atoms with Crippen molar-refractivity contribution in [1.82, 2.24) is 15.5 Å². The number of hydrogen-bond donors (Lipinski definition) is 1. The Morgan fingerprint density at radius 1 is 1.35 bits per heavy atom. The van der Waals surface area contributed by atoms with Crippen LogP contribution in [-0.4, -0.2) is 30.3 Å². The maximum absolute atomic E-state index is 5.69. The summed E-state index contributed by atoms with van der Waals surface area (Å²) in [6.07, 6.45) is 4.97. The minimum absolute atomic E-state index is 0.0148. The topological polar surface area (TPSA) is 60.2 Å². The van der Waals surface area contributed by atoms with Gasteiger partial charge in [0.2, 0.25) is 11.7 Å². The van der Waals surface area contributed by atoms with Crippen molar-refractivity contribution in [3.05, 3.63) is 11.7 Å². The van der Waals surface area contributed by atoms with E-state index in [2.05, 4.69) is 31.2 Å². The van der Waals surface area contributed by atoms with E-state index in [1.807, 2.05) is 0 Å². The van der Waals surface area contributed by atoms with Gasteiger partial charge >= 0.3 is 0 Å². The molecule has 0 amide bonds. The van der Waals surface area contributed by atoms with E-state index >= 15 is 0 Å².